The van der Waals surface area contributed by atoms with Gasteiger partial charge in [0.25, 0.3) is 5.91 Å². The summed E-state index contributed by atoms with van der Waals surface area (Å²) in [5.74, 6) is -0.137. The summed E-state index contributed by atoms with van der Waals surface area (Å²) >= 11 is 0. The molecule has 0 aliphatic carbocycles. The van der Waals surface area contributed by atoms with Crippen molar-refractivity contribution in [1.29, 1.82) is 0 Å². The van der Waals surface area contributed by atoms with Crippen LogP contribution in [0.4, 0.5) is 22.7 Å². The number of rotatable bonds is 6. The molecule has 1 fully saturated rings. The molecule has 0 saturated carbocycles. The lowest BCUT2D eigenvalue weighted by Crippen LogP contribution is -2.35. The van der Waals surface area contributed by atoms with Gasteiger partial charge in [0, 0.05) is 59.0 Å². The predicted molar refractivity (Wildman–Crippen MR) is 147 cm³/mol. The molecule has 6 nitrogen and oxygen atoms in total. The molecule has 1 aliphatic rings. The van der Waals surface area contributed by atoms with Crippen molar-refractivity contribution in [1.82, 2.24) is 4.57 Å². The quantitative estimate of drug-likeness (QED) is 0.314. The molecule has 3 aromatic carbocycles. The number of nitrogens with zero attached hydrogens (tertiary/aromatic N) is 2. The second-order valence-corrected chi connectivity index (χ2v) is 9.50. The second kappa shape index (κ2) is 10.3. The van der Waals surface area contributed by atoms with E-state index < -0.39 is 0 Å². The van der Waals surface area contributed by atoms with E-state index in [1.807, 2.05) is 48.5 Å². The molecule has 0 unspecified atom stereocenters. The van der Waals surface area contributed by atoms with Crippen LogP contribution in [-0.4, -0.2) is 34.8 Å². The topological polar surface area (TPSA) is 69.5 Å². The Bertz CT molecular complexity index is 1320. The number of hydrogen-bond donors (Lipinski definition) is 3. The van der Waals surface area contributed by atoms with Crippen LogP contribution >= 0.6 is 0 Å². The second-order valence-electron chi connectivity index (χ2n) is 9.50. The fourth-order valence-corrected chi connectivity index (χ4v) is 4.68. The molecule has 0 radical (unpaired) electrons. The molecular weight excluding hydrogens is 448 g/mol. The highest BCUT2D eigenvalue weighted by Gasteiger charge is 2.17. The van der Waals surface area contributed by atoms with Crippen LogP contribution in [0.2, 0.25) is 0 Å². The number of nitrogens with one attached hydrogen (secondary N) is 2. The third kappa shape index (κ3) is 5.44. The lowest BCUT2D eigenvalue weighted by molar-refractivity contribution is 0.102. The minimum absolute atomic E-state index is 0.137. The predicted octanol–water partition coefficient (Wildman–Crippen LogP) is 6.05. The van der Waals surface area contributed by atoms with E-state index in [0.717, 1.165) is 54.4 Å². The van der Waals surface area contributed by atoms with Crippen molar-refractivity contribution >= 4 is 28.7 Å². The summed E-state index contributed by atoms with van der Waals surface area (Å²) in [5, 5.41) is 16.1. The number of carbonyl (C=O) groups is 1. The first-order valence-electron chi connectivity index (χ1n) is 12.4. The highest BCUT2D eigenvalue weighted by atomic mass is 16.3. The fraction of sp³-hybridized carbons (Fsp3) is 0.233. The lowest BCUT2D eigenvalue weighted by Gasteiger charge is -2.31. The third-order valence-electron chi connectivity index (χ3n) is 6.69. The summed E-state index contributed by atoms with van der Waals surface area (Å²) < 4.78 is 2.18. The Morgan fingerprint density at radius 1 is 0.806 bits per heavy atom. The average Bonchev–Trinajstić information content (AvgIpc) is 3.24. The van der Waals surface area contributed by atoms with Gasteiger partial charge in [0.1, 0.15) is 0 Å². The SMILES string of the molecule is Cc1cc(C)n(-c2ccc(Nc3ccc(NC(=O)c4ccc(N5CCC(O)CC5)cc4)cc3)cc2)c1. The maximum absolute atomic E-state index is 12.7. The van der Waals surface area contributed by atoms with E-state index >= 15 is 0 Å². The maximum Gasteiger partial charge on any atom is 0.255 e. The minimum atomic E-state index is -0.197. The molecule has 1 saturated heterocycles. The van der Waals surface area contributed by atoms with Crippen molar-refractivity contribution in [3.05, 3.63) is 102 Å². The number of aromatic nitrogens is 1. The van der Waals surface area contributed by atoms with E-state index in [1.54, 1.807) is 0 Å². The van der Waals surface area contributed by atoms with Gasteiger partial charge in [-0.3, -0.25) is 4.79 Å². The van der Waals surface area contributed by atoms with E-state index in [0.29, 0.717) is 5.56 Å². The molecule has 3 N–H and O–H groups in total. The molecular formula is C30H32N4O2. The van der Waals surface area contributed by atoms with Crippen LogP contribution in [-0.2, 0) is 0 Å². The van der Waals surface area contributed by atoms with Gasteiger partial charge in [-0.2, -0.15) is 0 Å². The van der Waals surface area contributed by atoms with E-state index in [2.05, 4.69) is 70.5 Å². The van der Waals surface area contributed by atoms with Gasteiger partial charge < -0.3 is 25.2 Å². The van der Waals surface area contributed by atoms with Crippen molar-refractivity contribution < 1.29 is 9.90 Å². The number of aryl methyl sites for hydroxylation is 2. The largest absolute Gasteiger partial charge is 0.393 e. The molecule has 0 atom stereocenters. The number of anilines is 4. The minimum Gasteiger partial charge on any atom is -0.393 e. The van der Waals surface area contributed by atoms with Gasteiger partial charge in [-0.15, -0.1) is 0 Å². The van der Waals surface area contributed by atoms with Gasteiger partial charge in [-0.1, -0.05) is 0 Å². The van der Waals surface area contributed by atoms with Crippen LogP contribution in [0.25, 0.3) is 5.69 Å². The summed E-state index contributed by atoms with van der Waals surface area (Å²) in [7, 11) is 0. The van der Waals surface area contributed by atoms with E-state index in [1.165, 1.54) is 11.3 Å². The Hall–Kier alpha value is -4.03. The zero-order chi connectivity index (χ0) is 25.1. The first-order valence-corrected chi connectivity index (χ1v) is 12.4. The average molecular weight is 481 g/mol. The molecule has 0 bridgehead atoms. The zero-order valence-corrected chi connectivity index (χ0v) is 20.7. The van der Waals surface area contributed by atoms with E-state index in [-0.39, 0.29) is 12.0 Å². The zero-order valence-electron chi connectivity index (χ0n) is 20.7. The van der Waals surface area contributed by atoms with Crippen LogP contribution in [0, 0.1) is 13.8 Å². The number of piperidine rings is 1. The number of amides is 1. The van der Waals surface area contributed by atoms with Crippen LogP contribution in [0.3, 0.4) is 0 Å². The molecule has 1 aromatic heterocycles. The highest BCUT2D eigenvalue weighted by molar-refractivity contribution is 6.04. The molecule has 6 heteroatoms. The Balaban J connectivity index is 1.17. The van der Waals surface area contributed by atoms with E-state index in [9.17, 15) is 9.90 Å². The summed E-state index contributed by atoms with van der Waals surface area (Å²) in [6.07, 6.45) is 3.51. The highest BCUT2D eigenvalue weighted by Crippen LogP contribution is 2.23. The standard InChI is InChI=1S/C30H32N4O2/c1-21-19-22(2)34(20-21)28-13-9-25(10-14-28)31-24-5-7-26(8-6-24)32-30(36)23-3-11-27(12-4-23)33-17-15-29(35)16-18-33/h3-14,19-20,29,31,35H,15-18H2,1-2H3,(H,32,36). The third-order valence-corrected chi connectivity index (χ3v) is 6.69. The van der Waals surface area contributed by atoms with Crippen molar-refractivity contribution in [2.75, 3.05) is 28.6 Å². The van der Waals surface area contributed by atoms with Gasteiger partial charge >= 0.3 is 0 Å². The first kappa shape index (κ1) is 23.7. The van der Waals surface area contributed by atoms with Gasteiger partial charge in [0.2, 0.25) is 0 Å². The molecule has 184 valence electrons. The molecule has 1 aliphatic heterocycles. The lowest BCUT2D eigenvalue weighted by atomic mass is 10.1. The van der Waals surface area contributed by atoms with Crippen molar-refractivity contribution in [3.8, 4) is 5.69 Å². The van der Waals surface area contributed by atoms with Gasteiger partial charge in [0.15, 0.2) is 0 Å². The smallest absolute Gasteiger partial charge is 0.255 e. The fourth-order valence-electron chi connectivity index (χ4n) is 4.68. The summed E-state index contributed by atoms with van der Waals surface area (Å²) in [4.78, 5) is 15.0. The number of aliphatic hydroxyl groups is 1. The van der Waals surface area contributed by atoms with Crippen molar-refractivity contribution in [2.24, 2.45) is 0 Å². The van der Waals surface area contributed by atoms with Gasteiger partial charge in [-0.05, 0) is 111 Å². The van der Waals surface area contributed by atoms with Crippen molar-refractivity contribution in [3.63, 3.8) is 0 Å². The number of hydrogen-bond acceptors (Lipinski definition) is 4. The molecule has 2 heterocycles. The molecule has 5 rings (SSSR count). The number of aliphatic hydroxyl groups excluding tert-OH is 1. The Morgan fingerprint density at radius 2 is 1.36 bits per heavy atom. The summed E-state index contributed by atoms with van der Waals surface area (Å²) in [6, 6.07) is 25.9. The number of carbonyl (C=O) groups excluding carboxylic acids is 1. The Kier molecular flexibility index (Phi) is 6.78. The van der Waals surface area contributed by atoms with Crippen LogP contribution in [0.5, 0.6) is 0 Å². The van der Waals surface area contributed by atoms with E-state index in [4.69, 9.17) is 0 Å². The van der Waals surface area contributed by atoms with Crippen LogP contribution < -0.4 is 15.5 Å². The molecule has 1 amide bonds. The summed E-state index contributed by atoms with van der Waals surface area (Å²) in [5.41, 5.74) is 7.99. The monoisotopic (exact) mass is 480 g/mol. The molecule has 36 heavy (non-hydrogen) atoms. The molecule has 4 aromatic rings. The number of benzene rings is 3. The maximum atomic E-state index is 12.7. The van der Waals surface area contributed by atoms with Gasteiger partial charge in [-0.25, -0.2) is 0 Å². The normalized spacial score (nSPS) is 14.0. The van der Waals surface area contributed by atoms with Crippen molar-refractivity contribution in [2.45, 2.75) is 32.8 Å². The van der Waals surface area contributed by atoms with Crippen LogP contribution in [0.15, 0.2) is 85.1 Å². The van der Waals surface area contributed by atoms with Crippen LogP contribution in [0.1, 0.15) is 34.5 Å². The summed E-state index contributed by atoms with van der Waals surface area (Å²) in [6.45, 7) is 5.88. The first-order chi connectivity index (χ1) is 17.4. The Morgan fingerprint density at radius 3 is 1.94 bits per heavy atom. The van der Waals surface area contributed by atoms with Gasteiger partial charge in [0.05, 0.1) is 6.10 Å². The molecule has 0 spiro atoms. The Labute approximate surface area is 212 Å².